The van der Waals surface area contributed by atoms with Crippen molar-refractivity contribution in [1.82, 2.24) is 9.78 Å². The summed E-state index contributed by atoms with van der Waals surface area (Å²) in [4.78, 5) is 1.04. The number of benzene rings is 2. The molecule has 0 spiro atoms. The SMILES string of the molecule is N#C/C(=C/c1cn(-c2ccccc2)nc1-c1cccs1)c1ccc(C#N)cc1. The van der Waals surface area contributed by atoms with Gasteiger partial charge in [-0.15, -0.1) is 11.3 Å². The molecule has 5 heteroatoms. The van der Waals surface area contributed by atoms with Crippen molar-refractivity contribution >= 4 is 23.0 Å². The molecule has 0 fully saturated rings. The van der Waals surface area contributed by atoms with Crippen LogP contribution in [0.4, 0.5) is 0 Å². The molecule has 0 radical (unpaired) electrons. The van der Waals surface area contributed by atoms with Crippen LogP contribution >= 0.6 is 11.3 Å². The molecule has 0 aliphatic rings. The van der Waals surface area contributed by atoms with Gasteiger partial charge in [0.15, 0.2) is 0 Å². The zero-order valence-electron chi connectivity index (χ0n) is 14.8. The molecule has 0 atom stereocenters. The molecular weight excluding hydrogens is 364 g/mol. The van der Waals surface area contributed by atoms with E-state index < -0.39 is 0 Å². The van der Waals surface area contributed by atoms with E-state index in [4.69, 9.17) is 10.4 Å². The van der Waals surface area contributed by atoms with Gasteiger partial charge in [-0.1, -0.05) is 36.4 Å². The largest absolute Gasteiger partial charge is 0.240 e. The molecule has 28 heavy (non-hydrogen) atoms. The molecule has 0 unspecified atom stereocenters. The quantitative estimate of drug-likeness (QED) is 0.438. The van der Waals surface area contributed by atoms with Crippen LogP contribution in [-0.4, -0.2) is 9.78 Å². The van der Waals surface area contributed by atoms with Crippen LogP contribution in [0.5, 0.6) is 0 Å². The van der Waals surface area contributed by atoms with Gasteiger partial charge in [0.25, 0.3) is 0 Å². The van der Waals surface area contributed by atoms with Crippen LogP contribution in [0.1, 0.15) is 16.7 Å². The van der Waals surface area contributed by atoms with Crippen LogP contribution in [0.2, 0.25) is 0 Å². The molecule has 132 valence electrons. The average Bonchev–Trinajstić information content (AvgIpc) is 3.42. The third kappa shape index (κ3) is 3.48. The summed E-state index contributed by atoms with van der Waals surface area (Å²) in [6, 6.07) is 25.3. The van der Waals surface area contributed by atoms with Gasteiger partial charge in [-0.05, 0) is 47.4 Å². The number of nitriles is 2. The second-order valence-electron chi connectivity index (χ2n) is 6.05. The van der Waals surface area contributed by atoms with Crippen molar-refractivity contribution in [2.75, 3.05) is 0 Å². The molecule has 4 nitrogen and oxygen atoms in total. The second-order valence-corrected chi connectivity index (χ2v) is 7.00. The Hall–Kier alpha value is -3.93. The maximum Gasteiger partial charge on any atom is 0.110 e. The summed E-state index contributed by atoms with van der Waals surface area (Å²) in [5.74, 6) is 0. The van der Waals surface area contributed by atoms with Gasteiger partial charge in [0.1, 0.15) is 5.69 Å². The molecule has 2 aromatic heterocycles. The zero-order valence-corrected chi connectivity index (χ0v) is 15.6. The Labute approximate surface area is 166 Å². The Kier molecular flexibility index (Phi) is 4.84. The minimum Gasteiger partial charge on any atom is -0.240 e. The van der Waals surface area contributed by atoms with Gasteiger partial charge in [-0.3, -0.25) is 0 Å². The molecule has 2 aromatic carbocycles. The minimum atomic E-state index is 0.523. The van der Waals surface area contributed by atoms with E-state index >= 15 is 0 Å². The summed E-state index contributed by atoms with van der Waals surface area (Å²) < 4.78 is 1.83. The van der Waals surface area contributed by atoms with Gasteiger partial charge < -0.3 is 0 Å². The smallest absolute Gasteiger partial charge is 0.110 e. The molecule has 4 aromatic rings. The summed E-state index contributed by atoms with van der Waals surface area (Å²) in [7, 11) is 0. The van der Waals surface area contributed by atoms with Crippen LogP contribution in [0.15, 0.2) is 78.3 Å². The van der Waals surface area contributed by atoms with Crippen LogP contribution in [0.25, 0.3) is 27.9 Å². The number of rotatable bonds is 4. The van der Waals surface area contributed by atoms with E-state index in [1.54, 1.807) is 35.6 Å². The number of hydrogen-bond acceptors (Lipinski definition) is 4. The maximum atomic E-state index is 9.70. The monoisotopic (exact) mass is 378 g/mol. The highest BCUT2D eigenvalue weighted by atomic mass is 32.1. The number of aromatic nitrogens is 2. The Morgan fingerprint density at radius 1 is 0.964 bits per heavy atom. The molecule has 0 bridgehead atoms. The van der Waals surface area contributed by atoms with Crippen molar-refractivity contribution < 1.29 is 0 Å². The lowest BCUT2D eigenvalue weighted by Gasteiger charge is -2.00. The van der Waals surface area contributed by atoms with Crippen molar-refractivity contribution in [2.45, 2.75) is 0 Å². The third-order valence-corrected chi connectivity index (χ3v) is 5.14. The average molecular weight is 378 g/mol. The summed E-state index contributed by atoms with van der Waals surface area (Å²) in [5.41, 5.74) is 4.52. The van der Waals surface area contributed by atoms with E-state index in [1.165, 1.54) is 0 Å². The Morgan fingerprint density at radius 2 is 1.75 bits per heavy atom. The number of thiophene rings is 1. The number of allylic oxidation sites excluding steroid dienone is 1. The molecule has 0 N–H and O–H groups in total. The fourth-order valence-corrected chi connectivity index (χ4v) is 3.60. The Bertz CT molecular complexity index is 1200. The van der Waals surface area contributed by atoms with Crippen molar-refractivity contribution in [3.63, 3.8) is 0 Å². The van der Waals surface area contributed by atoms with Gasteiger partial charge in [0.05, 0.1) is 33.8 Å². The minimum absolute atomic E-state index is 0.523. The lowest BCUT2D eigenvalue weighted by atomic mass is 10.0. The summed E-state index contributed by atoms with van der Waals surface area (Å²) in [6.07, 6.45) is 3.79. The fraction of sp³-hybridized carbons (Fsp3) is 0. The Morgan fingerprint density at radius 3 is 2.39 bits per heavy atom. The molecule has 0 saturated heterocycles. The zero-order chi connectivity index (χ0) is 19.3. The van der Waals surface area contributed by atoms with Crippen LogP contribution in [0, 0.1) is 22.7 Å². The van der Waals surface area contributed by atoms with Crippen molar-refractivity contribution in [2.24, 2.45) is 0 Å². The molecule has 0 amide bonds. The molecule has 0 aliphatic heterocycles. The first kappa shape index (κ1) is 17.5. The molecule has 2 heterocycles. The number of nitrogens with zero attached hydrogens (tertiary/aromatic N) is 4. The predicted molar refractivity (Wildman–Crippen MR) is 112 cm³/mol. The lowest BCUT2D eigenvalue weighted by Crippen LogP contribution is -1.93. The van der Waals surface area contributed by atoms with Crippen LogP contribution < -0.4 is 0 Å². The highest BCUT2D eigenvalue weighted by molar-refractivity contribution is 7.13. The van der Waals surface area contributed by atoms with Gasteiger partial charge >= 0.3 is 0 Å². The van der Waals surface area contributed by atoms with Crippen molar-refractivity contribution in [3.05, 3.63) is 95.0 Å². The van der Waals surface area contributed by atoms with Gasteiger partial charge in [0.2, 0.25) is 0 Å². The summed E-state index contributed by atoms with van der Waals surface area (Å²) in [6.45, 7) is 0. The first-order chi connectivity index (χ1) is 13.8. The van der Waals surface area contributed by atoms with E-state index in [9.17, 15) is 5.26 Å². The normalized spacial score (nSPS) is 11.0. The maximum absolute atomic E-state index is 9.70. The summed E-state index contributed by atoms with van der Waals surface area (Å²) >= 11 is 1.61. The molecule has 4 rings (SSSR count). The van der Waals surface area contributed by atoms with E-state index in [2.05, 4.69) is 12.1 Å². The Balaban J connectivity index is 1.83. The van der Waals surface area contributed by atoms with E-state index in [-0.39, 0.29) is 0 Å². The van der Waals surface area contributed by atoms with Crippen molar-refractivity contribution in [3.8, 4) is 28.4 Å². The first-order valence-corrected chi connectivity index (χ1v) is 9.48. The standard InChI is InChI=1S/C23H14N4S/c24-14-17-8-10-18(11-9-17)19(15-25)13-20-16-27(21-5-2-1-3-6-21)26-23(20)22-7-4-12-28-22/h1-13,16H/b19-13-. The van der Waals surface area contributed by atoms with Crippen LogP contribution in [0.3, 0.4) is 0 Å². The fourth-order valence-electron chi connectivity index (χ4n) is 2.87. The van der Waals surface area contributed by atoms with Crippen LogP contribution in [-0.2, 0) is 0 Å². The van der Waals surface area contributed by atoms with Gasteiger partial charge in [0, 0.05) is 11.8 Å². The third-order valence-electron chi connectivity index (χ3n) is 4.26. The lowest BCUT2D eigenvalue weighted by molar-refractivity contribution is 0.885. The predicted octanol–water partition coefficient (Wildman–Crippen LogP) is 5.54. The van der Waals surface area contributed by atoms with Crippen molar-refractivity contribution in [1.29, 1.82) is 10.5 Å². The first-order valence-electron chi connectivity index (χ1n) is 8.60. The van der Waals surface area contributed by atoms with E-state index in [1.807, 2.05) is 64.8 Å². The highest BCUT2D eigenvalue weighted by Gasteiger charge is 2.13. The summed E-state index contributed by atoms with van der Waals surface area (Å²) in [5, 5.41) is 25.4. The van der Waals surface area contributed by atoms with Gasteiger partial charge in [-0.2, -0.15) is 15.6 Å². The molecular formula is C23H14N4S. The van der Waals surface area contributed by atoms with E-state index in [0.717, 1.165) is 27.4 Å². The van der Waals surface area contributed by atoms with E-state index in [0.29, 0.717) is 11.1 Å². The van der Waals surface area contributed by atoms with Gasteiger partial charge in [-0.25, -0.2) is 4.68 Å². The molecule has 0 saturated carbocycles. The highest BCUT2D eigenvalue weighted by Crippen LogP contribution is 2.30. The topological polar surface area (TPSA) is 65.4 Å². The molecule has 0 aliphatic carbocycles. The number of hydrogen-bond donors (Lipinski definition) is 0. The number of para-hydroxylation sites is 1. The second kappa shape index (κ2) is 7.75.